The summed E-state index contributed by atoms with van der Waals surface area (Å²) in [5, 5.41) is 3.36. The summed E-state index contributed by atoms with van der Waals surface area (Å²) < 4.78 is 41.4. The van der Waals surface area contributed by atoms with Gasteiger partial charge in [0, 0.05) is 18.4 Å². The number of halogens is 1. The molecule has 2 aromatic heterocycles. The highest BCUT2D eigenvalue weighted by molar-refractivity contribution is 7.85. The average Bonchev–Trinajstić information content (AvgIpc) is 2.93. The van der Waals surface area contributed by atoms with E-state index in [-0.39, 0.29) is 5.82 Å². The number of pyridine rings is 1. The highest BCUT2D eigenvalue weighted by Crippen LogP contribution is 2.24. The molecule has 0 unspecified atom stereocenters. The van der Waals surface area contributed by atoms with E-state index >= 15 is 0 Å². The van der Waals surface area contributed by atoms with E-state index in [9.17, 15) is 17.6 Å². The minimum absolute atomic E-state index is 0.222. The van der Waals surface area contributed by atoms with Gasteiger partial charge in [0.25, 0.3) is 10.1 Å². The lowest BCUT2D eigenvalue weighted by Crippen LogP contribution is -2.14. The van der Waals surface area contributed by atoms with Crippen LogP contribution in [-0.4, -0.2) is 34.5 Å². The van der Waals surface area contributed by atoms with Crippen molar-refractivity contribution in [1.82, 2.24) is 9.38 Å². The third-order valence-electron chi connectivity index (χ3n) is 4.85. The number of imidazole rings is 1. The highest BCUT2D eigenvalue weighted by atomic mass is 32.2. The zero-order valence-electron chi connectivity index (χ0n) is 18.2. The number of primary amides is 1. The van der Waals surface area contributed by atoms with Crippen molar-refractivity contribution < 1.29 is 22.2 Å². The molecule has 31 heavy (non-hydrogen) atoms. The Hall–Kier alpha value is -2.98. The molecule has 1 aromatic carbocycles. The molecule has 168 valence electrons. The van der Waals surface area contributed by atoms with E-state index < -0.39 is 16.0 Å². The molecule has 4 N–H and O–H groups in total. The van der Waals surface area contributed by atoms with E-state index in [2.05, 4.69) is 10.3 Å². The number of anilines is 1. The Morgan fingerprint density at radius 2 is 1.87 bits per heavy atom. The first kappa shape index (κ1) is 24.3. The number of aromatic nitrogens is 2. The topological polar surface area (TPSA) is 127 Å². The molecule has 0 bridgehead atoms. The fourth-order valence-corrected chi connectivity index (χ4v) is 3.23. The van der Waals surface area contributed by atoms with Gasteiger partial charge >= 0.3 is 0 Å². The maximum absolute atomic E-state index is 13.7. The Kier molecular flexibility index (Phi) is 7.40. The van der Waals surface area contributed by atoms with E-state index in [1.54, 1.807) is 18.3 Å². The van der Waals surface area contributed by atoms with E-state index in [1.165, 1.54) is 6.07 Å². The molecular weight excluding hydrogens is 423 g/mol. The summed E-state index contributed by atoms with van der Waals surface area (Å²) in [6.45, 7) is 8.29. The SMILES string of the molecule is CCc1cc(F)cc(C)c1CNc1cc(C(N)=O)cn2c(C)c(C)nc12.CS(=O)(=O)O. The number of rotatable bonds is 5. The molecule has 3 aromatic rings. The second-order valence-corrected chi connectivity index (χ2v) is 8.75. The predicted octanol–water partition coefficient (Wildman–Crippen LogP) is 3.18. The van der Waals surface area contributed by atoms with Crippen molar-refractivity contribution in [3.05, 3.63) is 63.9 Å². The highest BCUT2D eigenvalue weighted by Gasteiger charge is 2.14. The van der Waals surface area contributed by atoms with Crippen LogP contribution in [0.3, 0.4) is 0 Å². The summed E-state index contributed by atoms with van der Waals surface area (Å²) in [5.41, 5.74) is 12.1. The van der Waals surface area contributed by atoms with Crippen LogP contribution in [0.4, 0.5) is 10.1 Å². The van der Waals surface area contributed by atoms with Gasteiger partial charge in [0.2, 0.25) is 5.91 Å². The first-order valence-electron chi connectivity index (χ1n) is 9.55. The van der Waals surface area contributed by atoms with Gasteiger partial charge in [-0.1, -0.05) is 6.92 Å². The van der Waals surface area contributed by atoms with Gasteiger partial charge in [0.05, 0.1) is 23.2 Å². The average molecular weight is 451 g/mol. The van der Waals surface area contributed by atoms with Crippen LogP contribution < -0.4 is 11.1 Å². The number of nitrogens with one attached hydrogen (secondary N) is 1. The molecule has 0 saturated heterocycles. The van der Waals surface area contributed by atoms with Crippen molar-refractivity contribution in [3.8, 4) is 0 Å². The summed E-state index contributed by atoms with van der Waals surface area (Å²) in [7, 11) is -3.67. The molecular formula is C21H27FN4O4S. The standard InChI is InChI=1S/C20H23FN4O.CH4O3S/c1-5-14-7-16(21)6-11(2)17(14)9-23-18-8-15(19(22)26)10-25-13(4)12(3)24-20(18)25;1-5(2,3)4/h6-8,10,23H,5,9H2,1-4H3,(H2,22,26);1H3,(H,2,3,4). The minimum Gasteiger partial charge on any atom is -0.378 e. The molecule has 2 heterocycles. The normalized spacial score (nSPS) is 11.2. The number of amides is 1. The maximum atomic E-state index is 13.7. The lowest BCUT2D eigenvalue weighted by atomic mass is 9.99. The minimum atomic E-state index is -3.67. The molecule has 0 fully saturated rings. The quantitative estimate of drug-likeness (QED) is 0.513. The lowest BCUT2D eigenvalue weighted by Gasteiger charge is -2.15. The summed E-state index contributed by atoms with van der Waals surface area (Å²) in [5.74, 6) is -0.714. The Labute approximate surface area is 181 Å². The Morgan fingerprint density at radius 1 is 1.26 bits per heavy atom. The molecule has 10 heteroatoms. The molecule has 0 atom stereocenters. The number of fused-ring (bicyclic) bond motifs is 1. The number of benzene rings is 1. The van der Waals surface area contributed by atoms with Gasteiger partial charge in [-0.2, -0.15) is 8.42 Å². The van der Waals surface area contributed by atoms with Gasteiger partial charge < -0.3 is 15.5 Å². The zero-order chi connectivity index (χ0) is 23.5. The van der Waals surface area contributed by atoms with Gasteiger partial charge in [-0.15, -0.1) is 0 Å². The second kappa shape index (κ2) is 9.44. The molecule has 0 spiro atoms. The molecule has 0 aliphatic carbocycles. The predicted molar refractivity (Wildman–Crippen MR) is 118 cm³/mol. The fraction of sp³-hybridized carbons (Fsp3) is 0.333. The van der Waals surface area contributed by atoms with Crippen molar-refractivity contribution in [2.75, 3.05) is 11.6 Å². The monoisotopic (exact) mass is 450 g/mol. The Bertz CT molecular complexity index is 1230. The van der Waals surface area contributed by atoms with Crippen LogP contribution in [0, 0.1) is 26.6 Å². The van der Waals surface area contributed by atoms with Crippen molar-refractivity contribution in [2.24, 2.45) is 5.73 Å². The van der Waals surface area contributed by atoms with E-state index in [1.807, 2.05) is 32.1 Å². The fourth-order valence-electron chi connectivity index (χ4n) is 3.23. The van der Waals surface area contributed by atoms with Gasteiger partial charge in [0.1, 0.15) is 5.82 Å². The molecule has 0 aliphatic rings. The third kappa shape index (κ3) is 6.25. The summed E-state index contributed by atoms with van der Waals surface area (Å²) >= 11 is 0. The third-order valence-corrected chi connectivity index (χ3v) is 4.85. The first-order chi connectivity index (χ1) is 14.3. The van der Waals surface area contributed by atoms with Crippen LogP contribution in [0.15, 0.2) is 24.4 Å². The Morgan fingerprint density at radius 3 is 2.42 bits per heavy atom. The van der Waals surface area contributed by atoms with Crippen LogP contribution in [0.1, 0.15) is 45.4 Å². The van der Waals surface area contributed by atoms with Crippen LogP contribution >= 0.6 is 0 Å². The lowest BCUT2D eigenvalue weighted by molar-refractivity contribution is 0.1000. The number of carbonyl (C=O) groups excluding carboxylic acids is 1. The van der Waals surface area contributed by atoms with Gasteiger partial charge in [-0.25, -0.2) is 9.37 Å². The van der Waals surface area contributed by atoms with Gasteiger partial charge in [-0.05, 0) is 62.1 Å². The first-order valence-corrected chi connectivity index (χ1v) is 11.4. The molecule has 3 rings (SSSR count). The largest absolute Gasteiger partial charge is 0.378 e. The van der Waals surface area contributed by atoms with E-state index in [0.29, 0.717) is 18.4 Å². The van der Waals surface area contributed by atoms with Crippen LogP contribution in [-0.2, 0) is 23.1 Å². The molecule has 0 radical (unpaired) electrons. The number of hydrogen-bond acceptors (Lipinski definition) is 5. The van der Waals surface area contributed by atoms with Gasteiger partial charge in [-0.3, -0.25) is 9.35 Å². The summed E-state index contributed by atoms with van der Waals surface area (Å²) in [4.78, 5) is 16.3. The smallest absolute Gasteiger partial charge is 0.261 e. The molecule has 8 nitrogen and oxygen atoms in total. The molecule has 0 aliphatic heterocycles. The number of aryl methyl sites for hydroxylation is 4. The summed E-state index contributed by atoms with van der Waals surface area (Å²) in [6.07, 6.45) is 3.17. The number of hydrogen-bond donors (Lipinski definition) is 3. The van der Waals surface area contributed by atoms with Crippen LogP contribution in [0.2, 0.25) is 0 Å². The number of nitrogens with two attached hydrogens (primary N) is 1. The maximum Gasteiger partial charge on any atom is 0.261 e. The van der Waals surface area contributed by atoms with E-state index in [0.717, 1.165) is 45.8 Å². The van der Waals surface area contributed by atoms with Crippen LogP contribution in [0.5, 0.6) is 0 Å². The van der Waals surface area contributed by atoms with Crippen molar-refractivity contribution in [3.63, 3.8) is 0 Å². The van der Waals surface area contributed by atoms with Gasteiger partial charge in [0.15, 0.2) is 5.65 Å². The van der Waals surface area contributed by atoms with Crippen molar-refractivity contribution >= 4 is 27.4 Å². The number of nitrogens with zero attached hydrogens (tertiary/aromatic N) is 2. The molecule has 0 saturated carbocycles. The van der Waals surface area contributed by atoms with Crippen molar-refractivity contribution in [2.45, 2.75) is 40.7 Å². The van der Waals surface area contributed by atoms with Crippen molar-refractivity contribution in [1.29, 1.82) is 0 Å². The molecule has 1 amide bonds. The summed E-state index contributed by atoms with van der Waals surface area (Å²) in [6, 6.07) is 4.83. The second-order valence-electron chi connectivity index (χ2n) is 7.28. The Balaban J connectivity index is 0.000000614. The van der Waals surface area contributed by atoms with E-state index in [4.69, 9.17) is 10.3 Å². The van der Waals surface area contributed by atoms with Crippen LogP contribution in [0.25, 0.3) is 5.65 Å². The zero-order valence-corrected chi connectivity index (χ0v) is 19.0. The number of carbonyl (C=O) groups is 1.